The van der Waals surface area contributed by atoms with Gasteiger partial charge in [0.05, 0.1) is 18.4 Å². The van der Waals surface area contributed by atoms with E-state index in [0.717, 1.165) is 0 Å². The van der Waals surface area contributed by atoms with Crippen molar-refractivity contribution in [2.24, 2.45) is 0 Å². The molecule has 2 aromatic carbocycles. The number of hydrogen-bond acceptors (Lipinski definition) is 5. The fraction of sp³-hybridized carbons (Fsp3) is 0.0714. The third-order valence-electron chi connectivity index (χ3n) is 3.04. The molecule has 0 aliphatic rings. The van der Waals surface area contributed by atoms with Crippen LogP contribution in [0.15, 0.2) is 42.5 Å². The number of nitrogen functional groups attached to an aromatic ring is 1. The molecule has 0 spiro atoms. The average Bonchev–Trinajstić information content (AvgIpc) is 2.96. The lowest BCUT2D eigenvalue weighted by Crippen LogP contribution is -2.03. The van der Waals surface area contributed by atoms with E-state index >= 15 is 0 Å². The Morgan fingerprint density at radius 3 is 2.62 bits per heavy atom. The van der Waals surface area contributed by atoms with Gasteiger partial charge in [0.1, 0.15) is 11.6 Å². The van der Waals surface area contributed by atoms with Crippen LogP contribution in [0.2, 0.25) is 0 Å². The summed E-state index contributed by atoms with van der Waals surface area (Å²) in [4.78, 5) is 0. The SMILES string of the molecule is COc1cccc(N)c1-c1nnnn1-c1ccc(F)cc1. The summed E-state index contributed by atoms with van der Waals surface area (Å²) >= 11 is 0. The van der Waals surface area contributed by atoms with Crippen LogP contribution in [0.4, 0.5) is 10.1 Å². The molecule has 0 unspecified atom stereocenters. The molecule has 3 aromatic rings. The van der Waals surface area contributed by atoms with Gasteiger partial charge in [-0.25, -0.2) is 4.39 Å². The summed E-state index contributed by atoms with van der Waals surface area (Å²) in [6, 6.07) is 11.1. The van der Waals surface area contributed by atoms with Gasteiger partial charge in [0.15, 0.2) is 5.82 Å². The van der Waals surface area contributed by atoms with Gasteiger partial charge in [0.2, 0.25) is 0 Å². The van der Waals surface area contributed by atoms with Gasteiger partial charge in [-0.15, -0.1) is 5.10 Å². The Kier molecular flexibility index (Phi) is 3.23. The Morgan fingerprint density at radius 1 is 1.14 bits per heavy atom. The van der Waals surface area contributed by atoms with Crippen LogP contribution in [0.1, 0.15) is 0 Å². The quantitative estimate of drug-likeness (QED) is 0.745. The molecule has 1 aromatic heterocycles. The number of aromatic nitrogens is 4. The Bertz CT molecular complexity index is 769. The van der Waals surface area contributed by atoms with Gasteiger partial charge in [-0.3, -0.25) is 0 Å². The molecular weight excluding hydrogens is 273 g/mol. The zero-order valence-corrected chi connectivity index (χ0v) is 11.2. The zero-order chi connectivity index (χ0) is 14.8. The van der Waals surface area contributed by atoms with Gasteiger partial charge in [-0.2, -0.15) is 4.68 Å². The minimum absolute atomic E-state index is 0.329. The second-order valence-electron chi connectivity index (χ2n) is 4.32. The molecule has 0 amide bonds. The summed E-state index contributed by atoms with van der Waals surface area (Å²) in [5, 5.41) is 11.6. The van der Waals surface area contributed by atoms with Crippen molar-refractivity contribution in [1.29, 1.82) is 0 Å². The molecule has 0 fully saturated rings. The van der Waals surface area contributed by atoms with Crippen LogP contribution < -0.4 is 10.5 Å². The van der Waals surface area contributed by atoms with Crippen molar-refractivity contribution < 1.29 is 9.13 Å². The van der Waals surface area contributed by atoms with Gasteiger partial charge in [-0.1, -0.05) is 6.07 Å². The molecule has 0 saturated carbocycles. The molecule has 1 heterocycles. The number of ether oxygens (including phenoxy) is 1. The highest BCUT2D eigenvalue weighted by Gasteiger charge is 2.18. The van der Waals surface area contributed by atoms with Crippen LogP contribution in [0.5, 0.6) is 5.75 Å². The van der Waals surface area contributed by atoms with Crippen LogP contribution in [0.25, 0.3) is 17.1 Å². The fourth-order valence-electron chi connectivity index (χ4n) is 2.06. The van der Waals surface area contributed by atoms with E-state index in [2.05, 4.69) is 15.5 Å². The topological polar surface area (TPSA) is 78.8 Å². The molecule has 106 valence electrons. The summed E-state index contributed by atoms with van der Waals surface area (Å²) in [5.41, 5.74) is 7.72. The zero-order valence-electron chi connectivity index (χ0n) is 11.2. The van der Waals surface area contributed by atoms with Crippen LogP contribution in [0, 0.1) is 5.82 Å². The van der Waals surface area contributed by atoms with E-state index < -0.39 is 0 Å². The molecule has 0 radical (unpaired) electrons. The van der Waals surface area contributed by atoms with Crippen molar-refractivity contribution in [3.05, 3.63) is 48.3 Å². The van der Waals surface area contributed by atoms with E-state index in [9.17, 15) is 4.39 Å². The van der Waals surface area contributed by atoms with Gasteiger partial charge < -0.3 is 10.5 Å². The minimum Gasteiger partial charge on any atom is -0.496 e. The maximum atomic E-state index is 13.0. The molecule has 7 heteroatoms. The van der Waals surface area contributed by atoms with Gasteiger partial charge in [0, 0.05) is 5.69 Å². The van der Waals surface area contributed by atoms with Crippen LogP contribution in [0.3, 0.4) is 0 Å². The van der Waals surface area contributed by atoms with E-state index in [1.54, 1.807) is 37.4 Å². The van der Waals surface area contributed by atoms with Crippen LogP contribution in [-0.4, -0.2) is 27.3 Å². The molecule has 3 rings (SSSR count). The van der Waals surface area contributed by atoms with E-state index in [4.69, 9.17) is 10.5 Å². The van der Waals surface area contributed by atoms with Crippen LogP contribution in [-0.2, 0) is 0 Å². The molecule has 6 nitrogen and oxygen atoms in total. The number of rotatable bonds is 3. The van der Waals surface area contributed by atoms with Crippen molar-refractivity contribution in [2.75, 3.05) is 12.8 Å². The largest absolute Gasteiger partial charge is 0.496 e. The molecule has 0 aliphatic carbocycles. The first-order valence-corrected chi connectivity index (χ1v) is 6.18. The molecule has 0 atom stereocenters. The van der Waals surface area contributed by atoms with E-state index in [0.29, 0.717) is 28.5 Å². The predicted octanol–water partition coefficient (Wildman–Crippen LogP) is 2.06. The highest BCUT2D eigenvalue weighted by molar-refractivity contribution is 5.78. The lowest BCUT2D eigenvalue weighted by atomic mass is 10.1. The van der Waals surface area contributed by atoms with Crippen LogP contribution >= 0.6 is 0 Å². The van der Waals surface area contributed by atoms with Gasteiger partial charge in [-0.05, 0) is 46.8 Å². The van der Waals surface area contributed by atoms with E-state index in [-0.39, 0.29) is 5.82 Å². The number of tetrazole rings is 1. The molecule has 0 aliphatic heterocycles. The normalized spacial score (nSPS) is 10.6. The summed E-state index contributed by atoms with van der Waals surface area (Å²) in [6.07, 6.45) is 0. The number of hydrogen-bond donors (Lipinski definition) is 1. The number of nitrogens with two attached hydrogens (primary N) is 1. The molecular formula is C14H12FN5O. The fourth-order valence-corrected chi connectivity index (χ4v) is 2.06. The monoisotopic (exact) mass is 285 g/mol. The Morgan fingerprint density at radius 2 is 1.90 bits per heavy atom. The van der Waals surface area contributed by atoms with Gasteiger partial charge in [0.25, 0.3) is 0 Å². The predicted molar refractivity (Wildman–Crippen MR) is 75.5 cm³/mol. The van der Waals surface area contributed by atoms with Crippen molar-refractivity contribution in [2.45, 2.75) is 0 Å². The molecule has 2 N–H and O–H groups in total. The summed E-state index contributed by atoms with van der Waals surface area (Å²) < 4.78 is 19.8. The minimum atomic E-state index is -0.329. The van der Waals surface area contributed by atoms with Gasteiger partial charge >= 0.3 is 0 Å². The smallest absolute Gasteiger partial charge is 0.192 e. The lowest BCUT2D eigenvalue weighted by Gasteiger charge is -2.11. The number of halogens is 1. The first-order chi connectivity index (χ1) is 10.2. The van der Waals surface area contributed by atoms with Crippen molar-refractivity contribution in [1.82, 2.24) is 20.2 Å². The van der Waals surface area contributed by atoms with E-state index in [1.807, 2.05) is 0 Å². The average molecular weight is 285 g/mol. The van der Waals surface area contributed by atoms with Crippen molar-refractivity contribution >= 4 is 5.69 Å². The summed E-state index contributed by atoms with van der Waals surface area (Å²) in [5.74, 6) is 0.662. The number of nitrogens with zero attached hydrogens (tertiary/aromatic N) is 4. The Hall–Kier alpha value is -2.96. The first kappa shape index (κ1) is 13.0. The summed E-state index contributed by atoms with van der Waals surface area (Å²) in [7, 11) is 1.55. The molecule has 21 heavy (non-hydrogen) atoms. The Balaban J connectivity index is 2.18. The van der Waals surface area contributed by atoms with E-state index in [1.165, 1.54) is 16.8 Å². The maximum Gasteiger partial charge on any atom is 0.192 e. The first-order valence-electron chi connectivity index (χ1n) is 6.18. The lowest BCUT2D eigenvalue weighted by molar-refractivity contribution is 0.416. The maximum absolute atomic E-state index is 13.0. The third-order valence-corrected chi connectivity index (χ3v) is 3.04. The Labute approximate surface area is 120 Å². The highest BCUT2D eigenvalue weighted by atomic mass is 19.1. The number of benzene rings is 2. The third kappa shape index (κ3) is 2.29. The molecule has 0 bridgehead atoms. The second-order valence-corrected chi connectivity index (χ2v) is 4.32. The standard InChI is InChI=1S/C14H12FN5O/c1-21-12-4-2-3-11(16)13(12)14-17-18-19-20(14)10-7-5-9(15)6-8-10/h2-8H,16H2,1H3. The second kappa shape index (κ2) is 5.20. The van der Waals surface area contributed by atoms with Crippen molar-refractivity contribution in [3.63, 3.8) is 0 Å². The van der Waals surface area contributed by atoms with Crippen molar-refractivity contribution in [3.8, 4) is 22.8 Å². The number of methoxy groups -OCH3 is 1. The highest BCUT2D eigenvalue weighted by Crippen LogP contribution is 2.34. The summed E-state index contributed by atoms with van der Waals surface area (Å²) in [6.45, 7) is 0. The number of anilines is 1. The molecule has 0 saturated heterocycles.